The fourth-order valence-corrected chi connectivity index (χ4v) is 4.90. The van der Waals surface area contributed by atoms with Gasteiger partial charge < -0.3 is 11.1 Å². The first kappa shape index (κ1) is 25.5. The van der Waals surface area contributed by atoms with E-state index in [1.807, 2.05) is 80.8 Å². The first-order valence-electron chi connectivity index (χ1n) is 13.0. The molecule has 2 aromatic carbocycles. The van der Waals surface area contributed by atoms with Gasteiger partial charge in [0.15, 0.2) is 0 Å². The number of carbonyl (C=O) groups excluding carboxylic acids is 1. The Hall–Kier alpha value is -5.75. The van der Waals surface area contributed by atoms with Crippen LogP contribution in [0.4, 0.5) is 5.82 Å². The van der Waals surface area contributed by atoms with E-state index < -0.39 is 11.9 Å². The molecular weight excluding hydrogens is 514 g/mol. The number of hydrogen-bond donors (Lipinski definition) is 2. The van der Waals surface area contributed by atoms with Gasteiger partial charge in [0.1, 0.15) is 11.4 Å². The molecule has 1 amide bonds. The highest BCUT2D eigenvalue weighted by atomic mass is 16.2. The molecule has 0 unspecified atom stereocenters. The summed E-state index contributed by atoms with van der Waals surface area (Å²) in [6.45, 7) is 1.83. The molecule has 9 nitrogen and oxygen atoms in total. The first-order valence-corrected chi connectivity index (χ1v) is 13.0. The molecule has 1 atom stereocenters. The van der Waals surface area contributed by atoms with Crippen LogP contribution in [0.5, 0.6) is 0 Å². The molecule has 6 aromatic rings. The van der Waals surface area contributed by atoms with E-state index in [1.54, 1.807) is 33.9 Å². The van der Waals surface area contributed by atoms with E-state index in [0.717, 1.165) is 5.56 Å². The Morgan fingerprint density at radius 1 is 0.976 bits per heavy atom. The fourth-order valence-electron chi connectivity index (χ4n) is 4.90. The van der Waals surface area contributed by atoms with Crippen LogP contribution >= 0.6 is 0 Å². The minimum absolute atomic E-state index is 0.0803. The van der Waals surface area contributed by atoms with Crippen LogP contribution in [0.3, 0.4) is 0 Å². The smallest absolute Gasteiger partial charge is 0.264 e. The highest BCUT2D eigenvalue weighted by molar-refractivity contribution is 6.09. The van der Waals surface area contributed by atoms with Crippen molar-refractivity contribution < 1.29 is 4.79 Å². The lowest BCUT2D eigenvalue weighted by atomic mass is 10.0. The van der Waals surface area contributed by atoms with Gasteiger partial charge in [0, 0.05) is 48.0 Å². The van der Waals surface area contributed by atoms with Crippen LogP contribution in [0.2, 0.25) is 0 Å². The zero-order chi connectivity index (χ0) is 28.5. The van der Waals surface area contributed by atoms with E-state index in [4.69, 9.17) is 5.73 Å². The zero-order valence-electron chi connectivity index (χ0n) is 22.4. The number of benzene rings is 2. The normalized spacial score (nSPS) is 11.7. The molecule has 200 valence electrons. The summed E-state index contributed by atoms with van der Waals surface area (Å²) in [4.78, 5) is 36.3. The Morgan fingerprint density at radius 3 is 2.56 bits per heavy atom. The first-order chi connectivity index (χ1) is 19.9. The Bertz CT molecular complexity index is 2070. The molecule has 0 aliphatic heterocycles. The molecule has 0 saturated carbocycles. The van der Waals surface area contributed by atoms with Crippen LogP contribution < -0.4 is 16.6 Å². The molecule has 0 saturated heterocycles. The van der Waals surface area contributed by atoms with Gasteiger partial charge in [0.05, 0.1) is 28.7 Å². The molecular formula is C32H25N7O2. The number of aromatic nitrogens is 5. The predicted molar refractivity (Wildman–Crippen MR) is 159 cm³/mol. The molecule has 0 fully saturated rings. The predicted octanol–water partition coefficient (Wildman–Crippen LogP) is 4.14. The van der Waals surface area contributed by atoms with Gasteiger partial charge >= 0.3 is 0 Å². The Morgan fingerprint density at radius 2 is 1.78 bits per heavy atom. The number of nitrogens with two attached hydrogens (primary N) is 1. The van der Waals surface area contributed by atoms with Crippen molar-refractivity contribution in [1.82, 2.24) is 29.6 Å². The molecule has 0 aliphatic carbocycles. The van der Waals surface area contributed by atoms with Crippen molar-refractivity contribution in [2.75, 3.05) is 5.73 Å². The van der Waals surface area contributed by atoms with Crippen molar-refractivity contribution in [2.45, 2.75) is 13.0 Å². The number of aryl methyl sites for hydroxylation is 1. The van der Waals surface area contributed by atoms with Gasteiger partial charge in [0.2, 0.25) is 0 Å². The number of pyridine rings is 3. The van der Waals surface area contributed by atoms with Gasteiger partial charge in [-0.05, 0) is 48.7 Å². The number of carbonyl (C=O) groups is 1. The number of anilines is 1. The number of hydrogen-bond acceptors (Lipinski definition) is 6. The third kappa shape index (κ3) is 4.79. The maximum absolute atomic E-state index is 14.2. The molecule has 4 heterocycles. The van der Waals surface area contributed by atoms with E-state index in [-0.39, 0.29) is 16.9 Å². The van der Waals surface area contributed by atoms with Crippen LogP contribution in [0.25, 0.3) is 27.4 Å². The molecule has 3 N–H and O–H groups in total. The van der Waals surface area contributed by atoms with E-state index >= 15 is 0 Å². The average molecular weight is 540 g/mol. The summed E-state index contributed by atoms with van der Waals surface area (Å²) in [5, 5.41) is 9.07. The zero-order valence-corrected chi connectivity index (χ0v) is 22.4. The minimum atomic E-state index is -0.580. The standard InChI is InChI=1S/C32H25N7O2/c1-20(37-31(40)28-29-24(10-7-15-34-29)18-35-30(28)33)26-16-23-9-6-8-22(14-13-21-17-36-38(2)19-21)27(23)32(41)39(26)25-11-4-3-5-12-25/h3-12,15-20H,1-2H3,(H2,33,35)(H,37,40)/t20-/m1/s1. The lowest BCUT2D eigenvalue weighted by molar-refractivity contribution is 0.0941. The number of rotatable bonds is 4. The topological polar surface area (TPSA) is 121 Å². The summed E-state index contributed by atoms with van der Waals surface area (Å²) in [6, 6.07) is 19.8. The number of amides is 1. The third-order valence-electron chi connectivity index (χ3n) is 6.83. The van der Waals surface area contributed by atoms with Crippen molar-refractivity contribution in [3.63, 3.8) is 0 Å². The largest absolute Gasteiger partial charge is 0.383 e. The summed E-state index contributed by atoms with van der Waals surface area (Å²) in [5.41, 5.74) is 9.14. The molecule has 0 aliphatic rings. The second-order valence-electron chi connectivity index (χ2n) is 9.62. The summed E-state index contributed by atoms with van der Waals surface area (Å²) in [7, 11) is 1.82. The van der Waals surface area contributed by atoms with Crippen molar-refractivity contribution in [3.8, 4) is 17.5 Å². The van der Waals surface area contributed by atoms with E-state index in [9.17, 15) is 9.59 Å². The second-order valence-corrected chi connectivity index (χ2v) is 9.62. The van der Waals surface area contributed by atoms with E-state index in [0.29, 0.717) is 38.6 Å². The molecule has 0 bridgehead atoms. The Balaban J connectivity index is 1.48. The molecule has 0 spiro atoms. The van der Waals surface area contributed by atoms with Crippen LogP contribution in [0.15, 0.2) is 96.3 Å². The molecule has 0 radical (unpaired) electrons. The monoisotopic (exact) mass is 539 g/mol. The van der Waals surface area contributed by atoms with Crippen LogP contribution in [-0.4, -0.2) is 30.2 Å². The van der Waals surface area contributed by atoms with Crippen LogP contribution in [0.1, 0.15) is 40.1 Å². The highest BCUT2D eigenvalue weighted by Crippen LogP contribution is 2.25. The van der Waals surface area contributed by atoms with E-state index in [1.165, 1.54) is 0 Å². The fraction of sp³-hybridized carbons (Fsp3) is 0.0938. The molecule has 6 rings (SSSR count). The number of nitrogens with one attached hydrogen (secondary N) is 1. The van der Waals surface area contributed by atoms with Gasteiger partial charge in [-0.3, -0.25) is 23.8 Å². The van der Waals surface area contributed by atoms with Crippen molar-refractivity contribution in [1.29, 1.82) is 0 Å². The van der Waals surface area contributed by atoms with Crippen LogP contribution in [0, 0.1) is 11.8 Å². The van der Waals surface area contributed by atoms with Crippen molar-refractivity contribution in [3.05, 3.63) is 124 Å². The van der Waals surface area contributed by atoms with Crippen molar-refractivity contribution in [2.24, 2.45) is 7.05 Å². The average Bonchev–Trinajstić information content (AvgIpc) is 3.40. The highest BCUT2D eigenvalue weighted by Gasteiger charge is 2.22. The van der Waals surface area contributed by atoms with Gasteiger partial charge in [-0.15, -0.1) is 0 Å². The summed E-state index contributed by atoms with van der Waals surface area (Å²) in [5.74, 6) is 5.89. The summed E-state index contributed by atoms with van der Waals surface area (Å²) < 4.78 is 3.29. The Kier molecular flexibility index (Phi) is 6.49. The van der Waals surface area contributed by atoms with Crippen LogP contribution in [-0.2, 0) is 7.05 Å². The Labute approximate surface area is 235 Å². The summed E-state index contributed by atoms with van der Waals surface area (Å²) in [6.07, 6.45) is 6.68. The molecule has 9 heteroatoms. The van der Waals surface area contributed by atoms with Crippen molar-refractivity contribution >= 4 is 33.4 Å². The second kappa shape index (κ2) is 10.4. The number of fused-ring (bicyclic) bond motifs is 2. The van der Waals surface area contributed by atoms with Gasteiger partial charge in [-0.1, -0.05) is 42.2 Å². The summed E-state index contributed by atoms with van der Waals surface area (Å²) >= 11 is 0. The van der Waals surface area contributed by atoms with Gasteiger partial charge in [-0.2, -0.15) is 5.10 Å². The number of para-hydroxylation sites is 1. The maximum Gasteiger partial charge on any atom is 0.264 e. The lowest BCUT2D eigenvalue weighted by Crippen LogP contribution is -2.33. The quantitative estimate of drug-likeness (QED) is 0.325. The lowest BCUT2D eigenvalue weighted by Gasteiger charge is -2.21. The third-order valence-corrected chi connectivity index (χ3v) is 6.83. The van der Waals surface area contributed by atoms with E-state index in [2.05, 4.69) is 32.2 Å². The molecule has 41 heavy (non-hydrogen) atoms. The number of nitrogens with zero attached hydrogens (tertiary/aromatic N) is 5. The van der Waals surface area contributed by atoms with Gasteiger partial charge in [0.25, 0.3) is 11.5 Å². The molecule has 4 aromatic heterocycles. The number of nitrogen functional groups attached to an aromatic ring is 1. The maximum atomic E-state index is 14.2. The minimum Gasteiger partial charge on any atom is -0.383 e. The SMILES string of the molecule is C[C@@H](NC(=O)c1c(N)ncc2cccnc12)c1cc2cccc(C#Cc3cnn(C)c3)c2c(=O)n1-c1ccccc1. The van der Waals surface area contributed by atoms with Gasteiger partial charge in [-0.25, -0.2) is 4.98 Å².